The van der Waals surface area contributed by atoms with E-state index in [1.54, 1.807) is 12.2 Å². The molecule has 120 valence electrons. The molecule has 0 aliphatic carbocycles. The van der Waals surface area contributed by atoms with Gasteiger partial charge >= 0.3 is 0 Å². The summed E-state index contributed by atoms with van der Waals surface area (Å²) in [6.45, 7) is 4.47. The predicted octanol–water partition coefficient (Wildman–Crippen LogP) is 2.21. The quantitative estimate of drug-likeness (QED) is 0.784. The Morgan fingerprint density at radius 1 is 1.48 bits per heavy atom. The van der Waals surface area contributed by atoms with E-state index in [9.17, 15) is 13.2 Å². The van der Waals surface area contributed by atoms with Crippen LogP contribution >= 0.6 is 11.6 Å². The summed E-state index contributed by atoms with van der Waals surface area (Å²) in [6, 6.07) is 0. The van der Waals surface area contributed by atoms with Crippen LogP contribution in [0.1, 0.15) is 33.1 Å². The summed E-state index contributed by atoms with van der Waals surface area (Å²) in [5, 5.41) is 3.39. The van der Waals surface area contributed by atoms with Crippen LogP contribution in [0.2, 0.25) is 0 Å². The van der Waals surface area contributed by atoms with Gasteiger partial charge in [-0.05, 0) is 32.3 Å². The zero-order chi connectivity index (χ0) is 16.0. The Morgan fingerprint density at radius 3 is 2.67 bits per heavy atom. The highest BCUT2D eigenvalue weighted by atomic mass is 35.5. The van der Waals surface area contributed by atoms with Crippen molar-refractivity contribution in [2.75, 3.05) is 19.3 Å². The van der Waals surface area contributed by atoms with Crippen molar-refractivity contribution in [3.05, 3.63) is 22.9 Å². The highest BCUT2D eigenvalue weighted by Gasteiger charge is 2.30. The molecule has 0 aromatic heterocycles. The number of rotatable bonds is 5. The molecule has 1 aliphatic heterocycles. The fourth-order valence-electron chi connectivity index (χ4n) is 2.25. The first kappa shape index (κ1) is 18.2. The number of amides is 1. The van der Waals surface area contributed by atoms with Gasteiger partial charge in [-0.1, -0.05) is 24.6 Å². The molecule has 1 heterocycles. The maximum Gasteiger partial charge on any atom is 0.228 e. The highest BCUT2D eigenvalue weighted by Crippen LogP contribution is 2.20. The third-order valence-electron chi connectivity index (χ3n) is 3.42. The first-order valence-corrected chi connectivity index (χ1v) is 9.29. The molecule has 1 amide bonds. The van der Waals surface area contributed by atoms with Gasteiger partial charge in [0.2, 0.25) is 15.9 Å². The molecule has 1 saturated heterocycles. The number of halogens is 1. The number of piperidine rings is 1. The Labute approximate surface area is 132 Å². The number of nitrogens with zero attached hydrogens (tertiary/aromatic N) is 1. The Balaban J connectivity index is 2.79. The molecule has 1 aliphatic rings. The standard InChI is InChI=1S/C14H23ClN2O3S/c1-4-7-13(12(15)5-2)16-14(18)11-8-6-9-17(10-11)21(3,19)20/h4,7,11H,5-6,8-10H2,1-3H3,(H,16,18)/b7-4-,13-12-. The zero-order valence-electron chi connectivity index (χ0n) is 12.7. The van der Waals surface area contributed by atoms with Crippen LogP contribution in [0.15, 0.2) is 22.9 Å². The zero-order valence-corrected chi connectivity index (χ0v) is 14.3. The van der Waals surface area contributed by atoms with Gasteiger partial charge in [0, 0.05) is 18.1 Å². The number of nitrogens with one attached hydrogen (secondary N) is 1. The normalized spacial score (nSPS) is 22.2. The Bertz CT molecular complexity index is 540. The third kappa shape index (κ3) is 5.45. The number of sulfonamides is 1. The van der Waals surface area contributed by atoms with E-state index in [1.807, 2.05) is 13.8 Å². The van der Waals surface area contributed by atoms with Crippen LogP contribution in [0.5, 0.6) is 0 Å². The van der Waals surface area contributed by atoms with Crippen molar-refractivity contribution >= 4 is 27.5 Å². The Kier molecular flexibility index (Phi) is 6.90. The summed E-state index contributed by atoms with van der Waals surface area (Å²) < 4.78 is 24.5. The number of hydrogen-bond donors (Lipinski definition) is 1. The van der Waals surface area contributed by atoms with Crippen molar-refractivity contribution in [1.82, 2.24) is 9.62 Å². The lowest BCUT2D eigenvalue weighted by atomic mass is 9.98. The minimum absolute atomic E-state index is 0.178. The number of allylic oxidation sites excluding steroid dienone is 3. The largest absolute Gasteiger partial charge is 0.325 e. The van der Waals surface area contributed by atoms with Crippen LogP contribution in [-0.4, -0.2) is 38.0 Å². The van der Waals surface area contributed by atoms with Gasteiger partial charge in [0.15, 0.2) is 0 Å². The van der Waals surface area contributed by atoms with Crippen LogP contribution in [0.25, 0.3) is 0 Å². The summed E-state index contributed by atoms with van der Waals surface area (Å²) in [5.74, 6) is -0.516. The maximum absolute atomic E-state index is 12.3. The molecule has 1 unspecified atom stereocenters. The maximum atomic E-state index is 12.3. The molecule has 5 nitrogen and oxygen atoms in total. The van der Waals surface area contributed by atoms with Crippen LogP contribution in [0.4, 0.5) is 0 Å². The second kappa shape index (κ2) is 7.96. The predicted molar refractivity (Wildman–Crippen MR) is 85.3 cm³/mol. The van der Waals surface area contributed by atoms with Crippen molar-refractivity contribution in [2.45, 2.75) is 33.1 Å². The molecule has 1 atom stereocenters. The van der Waals surface area contributed by atoms with Crippen molar-refractivity contribution in [2.24, 2.45) is 5.92 Å². The summed E-state index contributed by atoms with van der Waals surface area (Å²) in [4.78, 5) is 12.3. The van der Waals surface area contributed by atoms with E-state index in [4.69, 9.17) is 11.6 Å². The van der Waals surface area contributed by atoms with Gasteiger partial charge in [-0.2, -0.15) is 0 Å². The highest BCUT2D eigenvalue weighted by molar-refractivity contribution is 7.88. The number of carbonyl (C=O) groups is 1. The Morgan fingerprint density at radius 2 is 2.14 bits per heavy atom. The van der Waals surface area contributed by atoms with E-state index in [-0.39, 0.29) is 18.4 Å². The van der Waals surface area contributed by atoms with E-state index < -0.39 is 10.0 Å². The second-order valence-corrected chi connectivity index (χ2v) is 7.56. The van der Waals surface area contributed by atoms with Crippen molar-refractivity contribution < 1.29 is 13.2 Å². The number of carbonyl (C=O) groups excluding carboxylic acids is 1. The molecule has 0 aromatic carbocycles. The molecule has 1 fully saturated rings. The van der Waals surface area contributed by atoms with Crippen LogP contribution in [-0.2, 0) is 14.8 Å². The van der Waals surface area contributed by atoms with Gasteiger partial charge in [0.05, 0.1) is 17.9 Å². The molecule has 1 N–H and O–H groups in total. The third-order valence-corrected chi connectivity index (χ3v) is 5.16. The van der Waals surface area contributed by atoms with Gasteiger partial charge in [0.25, 0.3) is 0 Å². The van der Waals surface area contributed by atoms with Gasteiger partial charge in [-0.15, -0.1) is 0 Å². The monoisotopic (exact) mass is 334 g/mol. The van der Waals surface area contributed by atoms with E-state index in [2.05, 4.69) is 5.32 Å². The van der Waals surface area contributed by atoms with Crippen LogP contribution < -0.4 is 5.32 Å². The van der Waals surface area contributed by atoms with Gasteiger partial charge in [-0.3, -0.25) is 4.79 Å². The summed E-state index contributed by atoms with van der Waals surface area (Å²) in [5.41, 5.74) is 0.586. The summed E-state index contributed by atoms with van der Waals surface area (Å²) in [7, 11) is -3.25. The van der Waals surface area contributed by atoms with E-state index >= 15 is 0 Å². The van der Waals surface area contributed by atoms with Gasteiger partial charge < -0.3 is 5.32 Å². The minimum Gasteiger partial charge on any atom is -0.325 e. The number of hydrogen-bond acceptors (Lipinski definition) is 3. The lowest BCUT2D eigenvalue weighted by molar-refractivity contribution is -0.125. The first-order chi connectivity index (χ1) is 9.79. The molecular weight excluding hydrogens is 312 g/mol. The topological polar surface area (TPSA) is 66.5 Å². The summed E-state index contributed by atoms with van der Waals surface area (Å²) >= 11 is 6.10. The lowest BCUT2D eigenvalue weighted by Crippen LogP contribution is -2.44. The van der Waals surface area contributed by atoms with Crippen molar-refractivity contribution in [3.8, 4) is 0 Å². The molecular formula is C14H23ClN2O3S. The molecule has 7 heteroatoms. The fraction of sp³-hybridized carbons (Fsp3) is 0.643. The van der Waals surface area contributed by atoms with Crippen molar-refractivity contribution in [3.63, 3.8) is 0 Å². The lowest BCUT2D eigenvalue weighted by Gasteiger charge is -2.30. The molecule has 0 aromatic rings. The average molecular weight is 335 g/mol. The molecule has 0 radical (unpaired) electrons. The van der Waals surface area contributed by atoms with Gasteiger partial charge in [-0.25, -0.2) is 12.7 Å². The SMILES string of the molecule is C/C=C\C(NC(=O)C1CCCN(S(C)(=O)=O)C1)=C(\Cl)CC. The molecule has 0 saturated carbocycles. The van der Waals surface area contributed by atoms with Crippen LogP contribution in [0.3, 0.4) is 0 Å². The summed E-state index contributed by atoms with van der Waals surface area (Å²) in [6.07, 6.45) is 6.73. The molecule has 0 bridgehead atoms. The smallest absolute Gasteiger partial charge is 0.228 e. The molecule has 0 spiro atoms. The molecule has 1 rings (SSSR count). The van der Waals surface area contributed by atoms with Gasteiger partial charge in [0.1, 0.15) is 0 Å². The molecule has 21 heavy (non-hydrogen) atoms. The second-order valence-electron chi connectivity index (χ2n) is 5.12. The first-order valence-electron chi connectivity index (χ1n) is 7.06. The van der Waals surface area contributed by atoms with E-state index in [0.717, 1.165) is 0 Å². The minimum atomic E-state index is -3.25. The average Bonchev–Trinajstić information content (AvgIpc) is 2.45. The van der Waals surface area contributed by atoms with E-state index in [0.29, 0.717) is 36.5 Å². The van der Waals surface area contributed by atoms with Crippen molar-refractivity contribution in [1.29, 1.82) is 0 Å². The van der Waals surface area contributed by atoms with E-state index in [1.165, 1.54) is 10.6 Å². The Hall–Kier alpha value is -0.850. The van der Waals surface area contributed by atoms with Crippen LogP contribution in [0, 0.1) is 5.92 Å². The fourth-order valence-corrected chi connectivity index (χ4v) is 3.27.